The van der Waals surface area contributed by atoms with Crippen LogP contribution in [0.5, 0.6) is 0 Å². The van der Waals surface area contributed by atoms with Gasteiger partial charge in [0.25, 0.3) is 5.91 Å². The van der Waals surface area contributed by atoms with Crippen LogP contribution in [0.2, 0.25) is 0 Å². The fourth-order valence-electron chi connectivity index (χ4n) is 7.02. The monoisotopic (exact) mass is 632 g/mol. The molecule has 0 radical (unpaired) electrons. The van der Waals surface area contributed by atoms with E-state index in [2.05, 4.69) is 35.9 Å². The maximum absolute atomic E-state index is 12.8. The van der Waals surface area contributed by atoms with Crippen LogP contribution in [0.3, 0.4) is 0 Å². The van der Waals surface area contributed by atoms with Crippen molar-refractivity contribution in [1.82, 2.24) is 19.9 Å². The molecule has 2 saturated heterocycles. The largest absolute Gasteiger partial charge is 0.385 e. The van der Waals surface area contributed by atoms with E-state index in [0.717, 1.165) is 106 Å². The first-order valence-electron chi connectivity index (χ1n) is 17.6. The van der Waals surface area contributed by atoms with Crippen molar-refractivity contribution in [3.05, 3.63) is 41.6 Å². The zero-order valence-corrected chi connectivity index (χ0v) is 27.9. The number of fused-ring (bicyclic) bond motifs is 1. The molecule has 3 aromatic rings. The molecule has 0 spiro atoms. The molecule has 0 unspecified atom stereocenters. The second kappa shape index (κ2) is 14.3. The summed E-state index contributed by atoms with van der Waals surface area (Å²) in [7, 11) is 0. The molecule has 250 valence electrons. The Morgan fingerprint density at radius 3 is 2.57 bits per heavy atom. The standard InChI is InChI=1S/C36H52N6O4/c1-4-6-8-15-35(23-46-24-36(35,44)16-7-5-2)41-31-20-32(37-21-26-13-17-45-18-14-26)42-33(40-31)30(22-38-42)27-9-12-29(25(3)19-27)34(43)39-28-10-11-28/h9,12,19-20,22,26,28,37,44H,4-8,10-11,13-18,21,23-24H2,1-3H3,(H,39,43)(H,40,41)/t35-,36-/m0/s1. The Balaban J connectivity index is 1.37. The van der Waals surface area contributed by atoms with Gasteiger partial charge in [-0.05, 0) is 68.6 Å². The zero-order chi connectivity index (χ0) is 32.1. The molecule has 10 nitrogen and oxygen atoms in total. The number of hydrogen-bond donors (Lipinski definition) is 4. The molecular weight excluding hydrogens is 580 g/mol. The highest BCUT2D eigenvalue weighted by atomic mass is 16.5. The molecular formula is C36H52N6O4. The molecule has 2 aromatic heterocycles. The predicted molar refractivity (Wildman–Crippen MR) is 181 cm³/mol. The highest BCUT2D eigenvalue weighted by molar-refractivity contribution is 5.97. The van der Waals surface area contributed by atoms with Gasteiger partial charge in [0.2, 0.25) is 0 Å². The molecule has 4 N–H and O–H groups in total. The maximum atomic E-state index is 12.8. The number of hydrogen-bond acceptors (Lipinski definition) is 8. The predicted octanol–water partition coefficient (Wildman–Crippen LogP) is 6.12. The topological polar surface area (TPSA) is 122 Å². The average molecular weight is 633 g/mol. The summed E-state index contributed by atoms with van der Waals surface area (Å²) >= 11 is 0. The quantitative estimate of drug-likeness (QED) is 0.148. The Morgan fingerprint density at radius 2 is 1.83 bits per heavy atom. The van der Waals surface area contributed by atoms with Gasteiger partial charge in [-0.3, -0.25) is 4.79 Å². The molecule has 10 heteroatoms. The highest BCUT2D eigenvalue weighted by Crippen LogP contribution is 2.41. The SMILES string of the molecule is CCCCC[C@]1(Nc2cc(NCC3CCOCC3)n3ncc(-c4ccc(C(=O)NC5CC5)c(C)c4)c3n2)COC[C@@]1(O)CCCC. The second-order valence-electron chi connectivity index (χ2n) is 13.8. The van der Waals surface area contributed by atoms with E-state index in [1.54, 1.807) is 0 Å². The maximum Gasteiger partial charge on any atom is 0.251 e. The van der Waals surface area contributed by atoms with Gasteiger partial charge >= 0.3 is 0 Å². The Bertz CT molecular complexity index is 1500. The summed E-state index contributed by atoms with van der Waals surface area (Å²) in [6.07, 6.45) is 12.6. The summed E-state index contributed by atoms with van der Waals surface area (Å²) in [5.74, 6) is 2.04. The Kier molecular flexibility index (Phi) is 10.2. The number of carbonyl (C=O) groups excluding carboxylic acids is 1. The van der Waals surface area contributed by atoms with Gasteiger partial charge in [-0.15, -0.1) is 0 Å². The molecule has 1 aromatic carbocycles. The van der Waals surface area contributed by atoms with Crippen LogP contribution in [0.4, 0.5) is 11.6 Å². The molecule has 0 bridgehead atoms. The van der Waals surface area contributed by atoms with Crippen molar-refractivity contribution in [2.75, 3.05) is 43.6 Å². The number of amides is 1. The summed E-state index contributed by atoms with van der Waals surface area (Å²) in [6.45, 7) is 9.50. The van der Waals surface area contributed by atoms with Crippen molar-refractivity contribution in [3.63, 3.8) is 0 Å². The Hall–Kier alpha value is -3.21. The number of unbranched alkanes of at least 4 members (excludes halogenated alkanes) is 3. The number of carbonyl (C=O) groups is 1. The smallest absolute Gasteiger partial charge is 0.251 e. The van der Waals surface area contributed by atoms with E-state index in [4.69, 9.17) is 19.6 Å². The second-order valence-corrected chi connectivity index (χ2v) is 13.8. The number of nitrogens with zero attached hydrogens (tertiary/aromatic N) is 3. The van der Waals surface area contributed by atoms with Gasteiger partial charge in [0.15, 0.2) is 5.65 Å². The minimum atomic E-state index is -0.989. The molecule has 46 heavy (non-hydrogen) atoms. The number of ether oxygens (including phenoxy) is 2. The lowest BCUT2D eigenvalue weighted by Crippen LogP contribution is -2.58. The number of rotatable bonds is 15. The van der Waals surface area contributed by atoms with Crippen molar-refractivity contribution in [3.8, 4) is 11.1 Å². The van der Waals surface area contributed by atoms with E-state index >= 15 is 0 Å². The molecule has 1 saturated carbocycles. The molecule has 3 fully saturated rings. The number of aliphatic hydroxyl groups is 1. The Morgan fingerprint density at radius 1 is 1.02 bits per heavy atom. The summed E-state index contributed by atoms with van der Waals surface area (Å²) in [5, 5.41) is 27.5. The molecule has 3 aliphatic rings. The van der Waals surface area contributed by atoms with E-state index in [0.29, 0.717) is 48.6 Å². The van der Waals surface area contributed by atoms with Gasteiger partial charge in [-0.25, -0.2) is 4.98 Å². The number of benzene rings is 1. The van der Waals surface area contributed by atoms with Crippen molar-refractivity contribution in [1.29, 1.82) is 0 Å². The molecule has 2 atom stereocenters. The minimum absolute atomic E-state index is 0.0154. The van der Waals surface area contributed by atoms with Gasteiger partial charge in [-0.1, -0.05) is 58.1 Å². The fraction of sp³-hybridized carbons (Fsp3) is 0.639. The first kappa shape index (κ1) is 32.7. The van der Waals surface area contributed by atoms with Gasteiger partial charge in [0.1, 0.15) is 17.2 Å². The van der Waals surface area contributed by atoms with Gasteiger partial charge in [0, 0.05) is 43.0 Å². The van der Waals surface area contributed by atoms with Crippen molar-refractivity contribution < 1.29 is 19.4 Å². The van der Waals surface area contributed by atoms with E-state index in [1.165, 1.54) is 0 Å². The van der Waals surface area contributed by atoms with Crippen LogP contribution >= 0.6 is 0 Å². The van der Waals surface area contributed by atoms with Crippen LogP contribution in [0.1, 0.15) is 100 Å². The van der Waals surface area contributed by atoms with E-state index in [-0.39, 0.29) is 5.91 Å². The van der Waals surface area contributed by atoms with Gasteiger partial charge < -0.3 is 30.5 Å². The summed E-state index contributed by atoms with van der Waals surface area (Å²) in [6, 6.07) is 8.29. The average Bonchev–Trinajstić information content (AvgIpc) is 3.68. The normalized spacial score (nSPS) is 23.6. The van der Waals surface area contributed by atoms with Crippen LogP contribution in [-0.4, -0.2) is 75.8 Å². The van der Waals surface area contributed by atoms with Crippen LogP contribution < -0.4 is 16.0 Å². The van der Waals surface area contributed by atoms with Crippen molar-refractivity contribution in [2.24, 2.45) is 5.92 Å². The highest BCUT2D eigenvalue weighted by Gasteiger charge is 2.54. The Labute approximate surface area is 273 Å². The van der Waals surface area contributed by atoms with Gasteiger partial charge in [-0.2, -0.15) is 9.61 Å². The number of aromatic nitrogens is 3. The molecule has 1 amide bonds. The summed E-state index contributed by atoms with van der Waals surface area (Å²) in [4.78, 5) is 18.0. The lowest BCUT2D eigenvalue weighted by molar-refractivity contribution is -0.0164. The third-order valence-electron chi connectivity index (χ3n) is 10.2. The number of aryl methyl sites for hydroxylation is 1. The third-order valence-corrected chi connectivity index (χ3v) is 10.2. The summed E-state index contributed by atoms with van der Waals surface area (Å²) < 4.78 is 13.5. The summed E-state index contributed by atoms with van der Waals surface area (Å²) in [5.41, 5.74) is 2.54. The first-order chi connectivity index (χ1) is 22.3. The molecule has 2 aliphatic heterocycles. The van der Waals surface area contributed by atoms with Gasteiger partial charge in [0.05, 0.1) is 24.9 Å². The number of anilines is 2. The lowest BCUT2D eigenvalue weighted by Gasteiger charge is -2.42. The lowest BCUT2D eigenvalue weighted by atomic mass is 9.75. The van der Waals surface area contributed by atoms with Crippen LogP contribution in [0.15, 0.2) is 30.5 Å². The third kappa shape index (κ3) is 7.04. The van der Waals surface area contributed by atoms with Crippen LogP contribution in [-0.2, 0) is 9.47 Å². The molecule has 1 aliphatic carbocycles. The molecule has 6 rings (SSSR count). The van der Waals surface area contributed by atoms with Crippen LogP contribution in [0, 0.1) is 12.8 Å². The van der Waals surface area contributed by atoms with Crippen LogP contribution in [0.25, 0.3) is 16.8 Å². The zero-order valence-electron chi connectivity index (χ0n) is 27.9. The fourth-order valence-corrected chi connectivity index (χ4v) is 7.02. The van der Waals surface area contributed by atoms with E-state index < -0.39 is 11.1 Å². The minimum Gasteiger partial charge on any atom is -0.385 e. The van der Waals surface area contributed by atoms with E-state index in [9.17, 15) is 9.90 Å². The van der Waals surface area contributed by atoms with Crippen molar-refractivity contribution in [2.45, 2.75) is 109 Å². The van der Waals surface area contributed by atoms with Crippen molar-refractivity contribution >= 4 is 23.2 Å². The molecule has 4 heterocycles. The number of nitrogens with one attached hydrogen (secondary N) is 3. The first-order valence-corrected chi connectivity index (χ1v) is 17.6. The van der Waals surface area contributed by atoms with E-state index in [1.807, 2.05) is 35.8 Å².